The van der Waals surface area contributed by atoms with Crippen molar-refractivity contribution in [1.29, 1.82) is 0 Å². The zero-order chi connectivity index (χ0) is 12.0. The molecular formula is C12H12F2O2. The summed E-state index contributed by atoms with van der Waals surface area (Å²) in [5.74, 6) is -2.07. The van der Waals surface area contributed by atoms with Gasteiger partial charge in [0.2, 0.25) is 0 Å². The van der Waals surface area contributed by atoms with Crippen LogP contribution >= 0.6 is 0 Å². The van der Waals surface area contributed by atoms with Gasteiger partial charge in [0.25, 0.3) is 0 Å². The largest absolute Gasteiger partial charge is 0.373 e. The van der Waals surface area contributed by atoms with Crippen molar-refractivity contribution in [3.63, 3.8) is 0 Å². The normalized spacial score (nSPS) is 10.1. The maximum atomic E-state index is 13.1. The van der Waals surface area contributed by atoms with E-state index in [9.17, 15) is 13.6 Å². The molecule has 0 aliphatic rings. The quantitative estimate of drug-likeness (QED) is 0.423. The summed E-state index contributed by atoms with van der Waals surface area (Å²) in [4.78, 5) is 11.4. The highest BCUT2D eigenvalue weighted by molar-refractivity contribution is 5.97. The topological polar surface area (TPSA) is 26.3 Å². The molecule has 0 radical (unpaired) electrons. The molecule has 0 aliphatic heterocycles. The van der Waals surface area contributed by atoms with Gasteiger partial charge in [-0.2, -0.15) is 0 Å². The molecule has 1 aromatic carbocycles. The highest BCUT2D eigenvalue weighted by atomic mass is 19.1. The smallest absolute Gasteiger partial charge is 0.191 e. The molecule has 0 fully saturated rings. The number of ether oxygens (including phenoxy) is 1. The van der Waals surface area contributed by atoms with Crippen molar-refractivity contribution in [2.24, 2.45) is 0 Å². The van der Waals surface area contributed by atoms with Gasteiger partial charge in [-0.15, -0.1) is 6.58 Å². The summed E-state index contributed by atoms with van der Waals surface area (Å²) in [6.45, 7) is 3.64. The summed E-state index contributed by atoms with van der Waals surface area (Å²) in [5, 5.41) is 0. The first-order chi connectivity index (χ1) is 7.65. The lowest BCUT2D eigenvalue weighted by molar-refractivity contribution is 0.0764. The first kappa shape index (κ1) is 12.5. The van der Waals surface area contributed by atoms with Crippen LogP contribution < -0.4 is 0 Å². The minimum absolute atomic E-state index is 0.153. The second-order valence-electron chi connectivity index (χ2n) is 3.18. The molecule has 2 nitrogen and oxygen atoms in total. The van der Waals surface area contributed by atoms with E-state index < -0.39 is 17.4 Å². The molecule has 86 valence electrons. The van der Waals surface area contributed by atoms with E-state index in [1.54, 1.807) is 6.08 Å². The van der Waals surface area contributed by atoms with Crippen molar-refractivity contribution in [3.8, 4) is 0 Å². The summed E-state index contributed by atoms with van der Waals surface area (Å²) in [6, 6.07) is 2.83. The third-order valence-corrected chi connectivity index (χ3v) is 1.93. The lowest BCUT2D eigenvalue weighted by atomic mass is 10.1. The molecule has 0 N–H and O–H groups in total. The molecule has 1 rings (SSSR count). The van der Waals surface area contributed by atoms with E-state index in [4.69, 9.17) is 4.74 Å². The zero-order valence-corrected chi connectivity index (χ0v) is 8.71. The second kappa shape index (κ2) is 6.12. The van der Waals surface area contributed by atoms with Gasteiger partial charge in [0.05, 0.1) is 12.2 Å². The molecule has 0 atom stereocenters. The SMILES string of the molecule is C=CCCOCC(=O)c1ccc(F)cc1F. The van der Waals surface area contributed by atoms with Gasteiger partial charge in [-0.05, 0) is 18.6 Å². The lowest BCUT2D eigenvalue weighted by Gasteiger charge is -2.03. The van der Waals surface area contributed by atoms with Gasteiger partial charge in [-0.1, -0.05) is 6.08 Å². The molecular weight excluding hydrogens is 214 g/mol. The zero-order valence-electron chi connectivity index (χ0n) is 8.71. The number of rotatable bonds is 6. The fraction of sp³-hybridized carbons (Fsp3) is 0.250. The van der Waals surface area contributed by atoms with E-state index in [2.05, 4.69) is 6.58 Å². The van der Waals surface area contributed by atoms with Crippen molar-refractivity contribution in [2.45, 2.75) is 6.42 Å². The first-order valence-corrected chi connectivity index (χ1v) is 4.82. The third-order valence-electron chi connectivity index (χ3n) is 1.93. The van der Waals surface area contributed by atoms with E-state index in [-0.39, 0.29) is 12.2 Å². The van der Waals surface area contributed by atoms with E-state index in [1.807, 2.05) is 0 Å². The summed E-state index contributed by atoms with van der Waals surface area (Å²) < 4.78 is 30.7. The molecule has 0 unspecified atom stereocenters. The van der Waals surface area contributed by atoms with Crippen molar-refractivity contribution < 1.29 is 18.3 Å². The van der Waals surface area contributed by atoms with Crippen molar-refractivity contribution in [2.75, 3.05) is 13.2 Å². The average Bonchev–Trinajstić information content (AvgIpc) is 2.24. The maximum absolute atomic E-state index is 13.1. The monoisotopic (exact) mass is 226 g/mol. The molecule has 4 heteroatoms. The number of Topliss-reactive ketones (excluding diaryl/α,β-unsaturated/α-hetero) is 1. The van der Waals surface area contributed by atoms with Gasteiger partial charge in [0.15, 0.2) is 5.78 Å². The van der Waals surface area contributed by atoms with Gasteiger partial charge in [-0.3, -0.25) is 4.79 Å². The highest BCUT2D eigenvalue weighted by Crippen LogP contribution is 2.10. The predicted molar refractivity (Wildman–Crippen MR) is 56.3 cm³/mol. The number of carbonyl (C=O) groups excluding carboxylic acids is 1. The first-order valence-electron chi connectivity index (χ1n) is 4.82. The Morgan fingerprint density at radius 3 is 2.81 bits per heavy atom. The number of ketones is 1. The Morgan fingerprint density at radius 1 is 1.44 bits per heavy atom. The highest BCUT2D eigenvalue weighted by Gasteiger charge is 2.12. The predicted octanol–water partition coefficient (Wildman–Crippen LogP) is 2.74. The van der Waals surface area contributed by atoms with Gasteiger partial charge in [0, 0.05) is 6.07 Å². The van der Waals surface area contributed by atoms with E-state index in [0.29, 0.717) is 19.1 Å². The molecule has 0 saturated carbocycles. The number of halogens is 2. The summed E-state index contributed by atoms with van der Waals surface area (Å²) in [5.41, 5.74) is -0.153. The number of hydrogen-bond donors (Lipinski definition) is 0. The van der Waals surface area contributed by atoms with Crippen molar-refractivity contribution in [1.82, 2.24) is 0 Å². The van der Waals surface area contributed by atoms with E-state index in [1.165, 1.54) is 0 Å². The van der Waals surface area contributed by atoms with E-state index >= 15 is 0 Å². The molecule has 0 aromatic heterocycles. The number of benzene rings is 1. The Bertz CT molecular complexity index is 389. The van der Waals surface area contributed by atoms with Crippen molar-refractivity contribution >= 4 is 5.78 Å². The van der Waals surface area contributed by atoms with Crippen molar-refractivity contribution in [3.05, 3.63) is 48.1 Å². The lowest BCUT2D eigenvalue weighted by Crippen LogP contribution is -2.11. The van der Waals surface area contributed by atoms with Crippen LogP contribution in [0.4, 0.5) is 8.78 Å². The van der Waals surface area contributed by atoms with E-state index in [0.717, 1.165) is 12.1 Å². The second-order valence-corrected chi connectivity index (χ2v) is 3.18. The summed E-state index contributed by atoms with van der Waals surface area (Å²) in [6.07, 6.45) is 2.28. The van der Waals surface area contributed by atoms with Crippen LogP contribution in [0.1, 0.15) is 16.8 Å². The number of carbonyl (C=O) groups is 1. The van der Waals surface area contributed by atoms with Crippen LogP contribution in [-0.4, -0.2) is 19.0 Å². The Hall–Kier alpha value is -1.55. The van der Waals surface area contributed by atoms with Crippen LogP contribution in [-0.2, 0) is 4.74 Å². The molecule has 0 amide bonds. The minimum Gasteiger partial charge on any atom is -0.373 e. The van der Waals surface area contributed by atoms with Gasteiger partial charge < -0.3 is 4.74 Å². The van der Waals surface area contributed by atoms with Gasteiger partial charge >= 0.3 is 0 Å². The van der Waals surface area contributed by atoms with Crippen LogP contribution in [0.5, 0.6) is 0 Å². The van der Waals surface area contributed by atoms with Gasteiger partial charge in [0.1, 0.15) is 18.2 Å². The molecule has 0 spiro atoms. The average molecular weight is 226 g/mol. The molecule has 16 heavy (non-hydrogen) atoms. The Balaban J connectivity index is 2.56. The van der Waals surface area contributed by atoms with Crippen LogP contribution in [0, 0.1) is 11.6 Å². The van der Waals surface area contributed by atoms with Crippen LogP contribution in [0.3, 0.4) is 0 Å². The van der Waals surface area contributed by atoms with Crippen LogP contribution in [0.25, 0.3) is 0 Å². The molecule has 0 saturated heterocycles. The fourth-order valence-corrected chi connectivity index (χ4v) is 1.12. The fourth-order valence-electron chi connectivity index (χ4n) is 1.12. The molecule has 0 aliphatic carbocycles. The summed E-state index contributed by atoms with van der Waals surface area (Å²) >= 11 is 0. The minimum atomic E-state index is -0.864. The standard InChI is InChI=1S/C12H12F2O2/c1-2-3-6-16-8-12(15)10-5-4-9(13)7-11(10)14/h2,4-5,7H,1,3,6,8H2. The Morgan fingerprint density at radius 2 is 2.19 bits per heavy atom. The van der Waals surface area contributed by atoms with Gasteiger partial charge in [-0.25, -0.2) is 8.78 Å². The maximum Gasteiger partial charge on any atom is 0.191 e. The Labute approximate surface area is 92.5 Å². The van der Waals surface area contributed by atoms with Crippen LogP contribution in [0.15, 0.2) is 30.9 Å². The molecule has 0 bridgehead atoms. The molecule has 1 aromatic rings. The summed E-state index contributed by atoms with van der Waals surface area (Å²) in [7, 11) is 0. The van der Waals surface area contributed by atoms with Crippen LogP contribution in [0.2, 0.25) is 0 Å². The molecule has 0 heterocycles. The Kier molecular flexibility index (Phi) is 4.79. The number of hydrogen-bond acceptors (Lipinski definition) is 2. The third kappa shape index (κ3) is 3.55.